The van der Waals surface area contributed by atoms with E-state index >= 15 is 0 Å². The molecule has 0 radical (unpaired) electrons. The number of benzene rings is 1. The first-order valence-corrected chi connectivity index (χ1v) is 7.81. The highest BCUT2D eigenvalue weighted by molar-refractivity contribution is 7.99. The van der Waals surface area contributed by atoms with Crippen LogP contribution in [0.4, 0.5) is 0 Å². The normalized spacial score (nSPS) is 13.8. The number of methoxy groups -OCH3 is 1. The van der Waals surface area contributed by atoms with Gasteiger partial charge >= 0.3 is 5.97 Å². The van der Waals surface area contributed by atoms with Crippen LogP contribution in [0, 0.1) is 0 Å². The van der Waals surface area contributed by atoms with Gasteiger partial charge in [-0.25, -0.2) is 4.79 Å². The first-order valence-electron chi connectivity index (χ1n) is 6.65. The molecule has 0 aromatic heterocycles. The lowest BCUT2D eigenvalue weighted by Gasteiger charge is -2.26. The van der Waals surface area contributed by atoms with Gasteiger partial charge in [-0.1, -0.05) is 50.1 Å². The Bertz CT molecular complexity index is 383. The molecule has 0 amide bonds. The summed E-state index contributed by atoms with van der Waals surface area (Å²) in [6.45, 7) is 2.18. The van der Waals surface area contributed by atoms with Crippen LogP contribution < -0.4 is 5.73 Å². The monoisotopic (exact) mass is 281 g/mol. The molecule has 0 heterocycles. The minimum Gasteiger partial charge on any atom is -0.467 e. The lowest BCUT2D eigenvalue weighted by molar-refractivity contribution is -0.146. The van der Waals surface area contributed by atoms with Crippen molar-refractivity contribution in [3.63, 3.8) is 0 Å². The molecular weight excluding hydrogens is 258 g/mol. The van der Waals surface area contributed by atoms with Gasteiger partial charge < -0.3 is 10.5 Å². The first kappa shape index (κ1) is 16.1. The molecule has 1 unspecified atom stereocenters. The molecule has 1 atom stereocenters. The Morgan fingerprint density at radius 2 is 2.00 bits per heavy atom. The Balaban J connectivity index is 2.69. The third-order valence-corrected chi connectivity index (χ3v) is 4.30. The van der Waals surface area contributed by atoms with Crippen molar-refractivity contribution in [2.45, 2.75) is 31.7 Å². The van der Waals surface area contributed by atoms with Gasteiger partial charge in [0.2, 0.25) is 0 Å². The van der Waals surface area contributed by atoms with Crippen LogP contribution in [0.2, 0.25) is 0 Å². The molecule has 0 bridgehead atoms. The zero-order valence-electron chi connectivity index (χ0n) is 11.7. The van der Waals surface area contributed by atoms with Crippen LogP contribution in [0.3, 0.4) is 0 Å². The minimum absolute atomic E-state index is 0.373. The summed E-state index contributed by atoms with van der Waals surface area (Å²) in [5.41, 5.74) is 6.05. The molecule has 1 rings (SSSR count). The van der Waals surface area contributed by atoms with E-state index in [1.54, 1.807) is 11.8 Å². The van der Waals surface area contributed by atoms with Gasteiger partial charge in [-0.3, -0.25) is 0 Å². The average molecular weight is 281 g/mol. The third-order valence-electron chi connectivity index (χ3n) is 3.06. The second-order valence-corrected chi connectivity index (χ2v) is 5.69. The molecule has 2 N–H and O–H groups in total. The number of carbonyl (C=O) groups is 1. The van der Waals surface area contributed by atoms with Gasteiger partial charge in [-0.2, -0.15) is 11.8 Å². The summed E-state index contributed by atoms with van der Waals surface area (Å²) in [4.78, 5) is 12.0. The van der Waals surface area contributed by atoms with Gasteiger partial charge in [-0.15, -0.1) is 0 Å². The lowest BCUT2D eigenvalue weighted by Crippen LogP contribution is -2.48. The smallest absolute Gasteiger partial charge is 0.331 e. The molecule has 0 aliphatic carbocycles. The molecule has 1 aromatic carbocycles. The Morgan fingerprint density at radius 1 is 1.32 bits per heavy atom. The molecule has 0 spiro atoms. The highest BCUT2D eigenvalue weighted by Crippen LogP contribution is 2.25. The second kappa shape index (κ2) is 8.23. The number of nitrogens with two attached hydrogens (primary N) is 1. The molecule has 106 valence electrons. The number of esters is 1. The fraction of sp³-hybridized carbons (Fsp3) is 0.533. The summed E-state index contributed by atoms with van der Waals surface area (Å²) in [7, 11) is 1.38. The summed E-state index contributed by atoms with van der Waals surface area (Å²) in [6.07, 6.45) is 3.57. The average Bonchev–Trinajstić information content (AvgIpc) is 2.46. The number of rotatable bonds is 8. The van der Waals surface area contributed by atoms with Crippen molar-refractivity contribution in [1.29, 1.82) is 0 Å². The summed E-state index contributed by atoms with van der Waals surface area (Å²) >= 11 is 1.71. The maximum Gasteiger partial charge on any atom is 0.331 e. The fourth-order valence-electron chi connectivity index (χ4n) is 1.87. The van der Waals surface area contributed by atoms with Crippen molar-refractivity contribution < 1.29 is 9.53 Å². The van der Waals surface area contributed by atoms with Gasteiger partial charge in [0, 0.05) is 5.75 Å². The topological polar surface area (TPSA) is 52.3 Å². The largest absolute Gasteiger partial charge is 0.467 e. The van der Waals surface area contributed by atoms with Crippen molar-refractivity contribution in [1.82, 2.24) is 0 Å². The van der Waals surface area contributed by atoms with Crippen molar-refractivity contribution in [2.24, 2.45) is 5.73 Å². The van der Waals surface area contributed by atoms with Crippen molar-refractivity contribution in [2.75, 3.05) is 18.6 Å². The van der Waals surface area contributed by atoms with E-state index in [0.29, 0.717) is 5.75 Å². The zero-order chi connectivity index (χ0) is 14.1. The SMILES string of the molecule is CCCCCSCC(N)(C(=O)OC)c1ccccc1. The number of carbonyl (C=O) groups excluding carboxylic acids is 1. The van der Waals surface area contributed by atoms with E-state index in [1.165, 1.54) is 20.0 Å². The minimum atomic E-state index is -1.05. The molecule has 1 aromatic rings. The lowest BCUT2D eigenvalue weighted by atomic mass is 9.93. The maximum atomic E-state index is 12.0. The van der Waals surface area contributed by atoms with Crippen molar-refractivity contribution >= 4 is 17.7 Å². The highest BCUT2D eigenvalue weighted by Gasteiger charge is 2.36. The fourth-order valence-corrected chi connectivity index (χ4v) is 3.02. The molecule has 19 heavy (non-hydrogen) atoms. The van der Waals surface area contributed by atoms with Crippen molar-refractivity contribution in [3.8, 4) is 0 Å². The summed E-state index contributed by atoms with van der Waals surface area (Å²) in [5, 5.41) is 0. The van der Waals surface area contributed by atoms with Crippen LogP contribution in [-0.4, -0.2) is 24.6 Å². The second-order valence-electron chi connectivity index (χ2n) is 4.59. The number of unbranched alkanes of at least 4 members (excludes halogenated alkanes) is 2. The summed E-state index contributed by atoms with van der Waals surface area (Å²) in [5.74, 6) is 1.20. The predicted octanol–water partition coefficient (Wildman–Crippen LogP) is 2.94. The molecule has 3 nitrogen and oxygen atoms in total. The highest BCUT2D eigenvalue weighted by atomic mass is 32.2. The quantitative estimate of drug-likeness (QED) is 0.588. The van der Waals surface area contributed by atoms with E-state index < -0.39 is 5.54 Å². The number of hydrogen-bond donors (Lipinski definition) is 1. The van der Waals surface area contributed by atoms with Gasteiger partial charge in [0.05, 0.1) is 7.11 Å². The van der Waals surface area contributed by atoms with Crippen LogP contribution in [0.1, 0.15) is 31.7 Å². The molecule has 0 saturated carbocycles. The van der Waals surface area contributed by atoms with E-state index in [9.17, 15) is 4.79 Å². The van der Waals surface area contributed by atoms with Gasteiger partial charge in [0.25, 0.3) is 0 Å². The van der Waals surface area contributed by atoms with Crippen molar-refractivity contribution in [3.05, 3.63) is 35.9 Å². The molecule has 0 aliphatic rings. The van der Waals surface area contributed by atoms with E-state index in [0.717, 1.165) is 17.7 Å². The number of ether oxygens (including phenoxy) is 1. The van der Waals surface area contributed by atoms with Crippen LogP contribution in [0.15, 0.2) is 30.3 Å². The van der Waals surface area contributed by atoms with Crippen LogP contribution in [0.25, 0.3) is 0 Å². The van der Waals surface area contributed by atoms with E-state index in [-0.39, 0.29) is 5.97 Å². The van der Waals surface area contributed by atoms with Gasteiger partial charge in [-0.05, 0) is 17.7 Å². The van der Waals surface area contributed by atoms with E-state index in [4.69, 9.17) is 10.5 Å². The molecule has 0 saturated heterocycles. The summed E-state index contributed by atoms with van der Waals surface area (Å²) in [6, 6.07) is 9.45. The van der Waals surface area contributed by atoms with Crippen LogP contribution in [-0.2, 0) is 15.1 Å². The maximum absolute atomic E-state index is 12.0. The Kier molecular flexibility index (Phi) is 6.95. The Morgan fingerprint density at radius 3 is 2.58 bits per heavy atom. The van der Waals surface area contributed by atoms with Crippen LogP contribution >= 0.6 is 11.8 Å². The zero-order valence-corrected chi connectivity index (χ0v) is 12.5. The molecule has 0 fully saturated rings. The molecule has 0 aliphatic heterocycles. The standard InChI is InChI=1S/C15H23NO2S/c1-3-4-8-11-19-12-15(16,14(17)18-2)13-9-6-5-7-10-13/h5-7,9-10H,3-4,8,11-12,16H2,1-2H3. The predicted molar refractivity (Wildman–Crippen MR) is 81.2 cm³/mol. The van der Waals surface area contributed by atoms with E-state index in [1.807, 2.05) is 30.3 Å². The number of hydrogen-bond acceptors (Lipinski definition) is 4. The summed E-state index contributed by atoms with van der Waals surface area (Å²) < 4.78 is 4.87. The number of thioether (sulfide) groups is 1. The van der Waals surface area contributed by atoms with Crippen LogP contribution in [0.5, 0.6) is 0 Å². The Labute approximate surface area is 119 Å². The molecular formula is C15H23NO2S. The third kappa shape index (κ3) is 4.55. The molecule has 4 heteroatoms. The van der Waals surface area contributed by atoms with Gasteiger partial charge in [0.15, 0.2) is 0 Å². The van der Waals surface area contributed by atoms with E-state index in [2.05, 4.69) is 6.92 Å². The van der Waals surface area contributed by atoms with Gasteiger partial charge in [0.1, 0.15) is 5.54 Å². The first-order chi connectivity index (χ1) is 9.15. The Hall–Kier alpha value is -1.00.